The third-order valence-electron chi connectivity index (χ3n) is 4.59. The summed E-state index contributed by atoms with van der Waals surface area (Å²) in [5, 5.41) is 0.801. The van der Waals surface area contributed by atoms with Crippen LogP contribution >= 0.6 is 23.2 Å². The third-order valence-corrected chi connectivity index (χ3v) is 6.70. The molecule has 2 aromatic carbocycles. The van der Waals surface area contributed by atoms with Crippen molar-refractivity contribution < 1.29 is 13.2 Å². The molecular formula is C19H20Cl2N2O3S. The van der Waals surface area contributed by atoms with Gasteiger partial charge in [0, 0.05) is 24.2 Å². The number of hydrogen-bond acceptors (Lipinski definition) is 3. The van der Waals surface area contributed by atoms with Gasteiger partial charge < -0.3 is 4.90 Å². The van der Waals surface area contributed by atoms with Crippen LogP contribution in [0.15, 0.2) is 47.4 Å². The van der Waals surface area contributed by atoms with Crippen LogP contribution in [0.4, 0.5) is 0 Å². The van der Waals surface area contributed by atoms with Gasteiger partial charge in [-0.05, 0) is 50.1 Å². The lowest BCUT2D eigenvalue weighted by atomic mass is 10.0. The first-order valence-electron chi connectivity index (χ1n) is 8.59. The highest BCUT2D eigenvalue weighted by Crippen LogP contribution is 2.24. The molecule has 2 aromatic rings. The van der Waals surface area contributed by atoms with Crippen LogP contribution in [0.1, 0.15) is 28.8 Å². The summed E-state index contributed by atoms with van der Waals surface area (Å²) in [5.74, 6) is -0.192. The minimum Gasteiger partial charge on any atom is -0.338 e. The highest BCUT2D eigenvalue weighted by molar-refractivity contribution is 7.89. The predicted octanol–water partition coefficient (Wildman–Crippen LogP) is 3.88. The highest BCUT2D eigenvalue weighted by Gasteiger charge is 2.28. The lowest BCUT2D eigenvalue weighted by Crippen LogP contribution is -2.46. The number of nitrogens with zero attached hydrogens (tertiary/aromatic N) is 1. The van der Waals surface area contributed by atoms with Crippen molar-refractivity contribution in [2.75, 3.05) is 13.1 Å². The summed E-state index contributed by atoms with van der Waals surface area (Å²) in [6.07, 6.45) is 1.07. The normalized spacial score (nSPS) is 15.7. The standard InChI is InChI=1S/C19H20Cl2N2O3S/c1-13-2-5-16(6-3-13)27(25,26)22-15-8-10-23(11-9-15)19(24)17-12-14(20)4-7-18(17)21/h2-7,12,15,22H,8-11H2,1H3. The molecule has 0 bridgehead atoms. The van der Waals surface area contributed by atoms with E-state index in [4.69, 9.17) is 23.2 Å². The highest BCUT2D eigenvalue weighted by atomic mass is 35.5. The summed E-state index contributed by atoms with van der Waals surface area (Å²) < 4.78 is 27.8. The van der Waals surface area contributed by atoms with E-state index in [0.29, 0.717) is 41.5 Å². The summed E-state index contributed by atoms with van der Waals surface area (Å²) in [6, 6.07) is 11.3. The van der Waals surface area contributed by atoms with Gasteiger partial charge in [-0.2, -0.15) is 0 Å². The van der Waals surface area contributed by atoms with E-state index >= 15 is 0 Å². The van der Waals surface area contributed by atoms with Crippen molar-refractivity contribution in [1.29, 1.82) is 0 Å². The Balaban J connectivity index is 1.62. The molecule has 5 nitrogen and oxygen atoms in total. The number of rotatable bonds is 4. The van der Waals surface area contributed by atoms with Crippen LogP contribution in [0.5, 0.6) is 0 Å². The molecule has 1 saturated heterocycles. The molecule has 0 radical (unpaired) electrons. The number of aryl methyl sites for hydroxylation is 1. The summed E-state index contributed by atoms with van der Waals surface area (Å²) in [5.41, 5.74) is 1.36. The number of benzene rings is 2. The van der Waals surface area contributed by atoms with Gasteiger partial charge in [0.2, 0.25) is 10.0 Å². The summed E-state index contributed by atoms with van der Waals surface area (Å²) >= 11 is 12.1. The van der Waals surface area contributed by atoms with Gasteiger partial charge in [-0.25, -0.2) is 13.1 Å². The Morgan fingerprint density at radius 2 is 1.70 bits per heavy atom. The maximum Gasteiger partial charge on any atom is 0.255 e. The number of carbonyl (C=O) groups excluding carboxylic acids is 1. The quantitative estimate of drug-likeness (QED) is 0.805. The zero-order chi connectivity index (χ0) is 19.6. The fourth-order valence-corrected chi connectivity index (χ4v) is 4.71. The Labute approximate surface area is 169 Å². The van der Waals surface area contributed by atoms with E-state index in [0.717, 1.165) is 5.56 Å². The first kappa shape index (κ1) is 20.1. The van der Waals surface area contributed by atoms with Crippen molar-refractivity contribution in [3.8, 4) is 0 Å². The Morgan fingerprint density at radius 1 is 1.07 bits per heavy atom. The van der Waals surface area contributed by atoms with Crippen LogP contribution < -0.4 is 4.72 Å². The Morgan fingerprint density at radius 3 is 2.33 bits per heavy atom. The molecule has 0 saturated carbocycles. The van der Waals surface area contributed by atoms with Crippen molar-refractivity contribution in [3.63, 3.8) is 0 Å². The lowest BCUT2D eigenvalue weighted by molar-refractivity contribution is 0.0711. The molecule has 1 aliphatic rings. The fraction of sp³-hybridized carbons (Fsp3) is 0.316. The number of sulfonamides is 1. The van der Waals surface area contributed by atoms with Crippen LogP contribution in [0.25, 0.3) is 0 Å². The fourth-order valence-electron chi connectivity index (χ4n) is 3.04. The molecule has 1 aliphatic heterocycles. The molecule has 0 atom stereocenters. The predicted molar refractivity (Wildman–Crippen MR) is 107 cm³/mol. The van der Waals surface area contributed by atoms with Crippen molar-refractivity contribution in [1.82, 2.24) is 9.62 Å². The number of hydrogen-bond donors (Lipinski definition) is 1. The average Bonchev–Trinajstić information content (AvgIpc) is 2.64. The van der Waals surface area contributed by atoms with E-state index in [2.05, 4.69) is 4.72 Å². The SMILES string of the molecule is Cc1ccc(S(=O)(=O)NC2CCN(C(=O)c3cc(Cl)ccc3Cl)CC2)cc1. The van der Waals surface area contributed by atoms with Crippen molar-refractivity contribution in [2.24, 2.45) is 0 Å². The molecular weight excluding hydrogens is 407 g/mol. The second kappa shape index (κ2) is 8.19. The Kier molecular flexibility index (Phi) is 6.11. The zero-order valence-electron chi connectivity index (χ0n) is 14.8. The molecule has 144 valence electrons. The van der Waals surface area contributed by atoms with Crippen LogP contribution in [0.2, 0.25) is 10.0 Å². The number of piperidine rings is 1. The molecule has 0 aliphatic carbocycles. The van der Waals surface area contributed by atoms with Crippen LogP contribution in [0, 0.1) is 6.92 Å². The van der Waals surface area contributed by atoms with Gasteiger partial charge in [-0.3, -0.25) is 4.79 Å². The topological polar surface area (TPSA) is 66.5 Å². The van der Waals surface area contributed by atoms with Crippen molar-refractivity contribution in [2.45, 2.75) is 30.7 Å². The molecule has 1 fully saturated rings. The molecule has 1 heterocycles. The van der Waals surface area contributed by atoms with E-state index in [1.807, 2.05) is 6.92 Å². The first-order valence-corrected chi connectivity index (χ1v) is 10.8. The van der Waals surface area contributed by atoms with Gasteiger partial charge in [0.15, 0.2) is 0 Å². The molecule has 1 N–H and O–H groups in total. The van der Waals surface area contributed by atoms with Crippen molar-refractivity contribution >= 4 is 39.1 Å². The minimum atomic E-state index is -3.57. The number of halogens is 2. The lowest BCUT2D eigenvalue weighted by Gasteiger charge is -2.32. The van der Waals surface area contributed by atoms with Gasteiger partial charge in [0.1, 0.15) is 0 Å². The second-order valence-electron chi connectivity index (χ2n) is 6.62. The van der Waals surface area contributed by atoms with E-state index in [1.165, 1.54) is 0 Å². The maximum absolute atomic E-state index is 12.7. The van der Waals surface area contributed by atoms with Crippen molar-refractivity contribution in [3.05, 3.63) is 63.6 Å². The molecule has 0 spiro atoms. The molecule has 27 heavy (non-hydrogen) atoms. The van der Waals surface area contributed by atoms with E-state index in [-0.39, 0.29) is 16.8 Å². The second-order valence-corrected chi connectivity index (χ2v) is 9.18. The van der Waals surface area contributed by atoms with Crippen LogP contribution in [-0.4, -0.2) is 38.4 Å². The Hall–Kier alpha value is -1.60. The zero-order valence-corrected chi connectivity index (χ0v) is 17.1. The summed E-state index contributed by atoms with van der Waals surface area (Å²) in [6.45, 7) is 2.80. The van der Waals surface area contributed by atoms with Crippen LogP contribution in [-0.2, 0) is 10.0 Å². The number of likely N-dealkylation sites (tertiary alicyclic amines) is 1. The molecule has 0 aromatic heterocycles. The monoisotopic (exact) mass is 426 g/mol. The van der Waals surface area contributed by atoms with Gasteiger partial charge >= 0.3 is 0 Å². The van der Waals surface area contributed by atoms with Gasteiger partial charge in [0.25, 0.3) is 5.91 Å². The summed E-state index contributed by atoms with van der Waals surface area (Å²) in [7, 11) is -3.57. The minimum absolute atomic E-state index is 0.192. The number of amides is 1. The molecule has 1 amide bonds. The first-order chi connectivity index (χ1) is 12.8. The van der Waals surface area contributed by atoms with Gasteiger partial charge in [-0.15, -0.1) is 0 Å². The summed E-state index contributed by atoms with van der Waals surface area (Å²) in [4.78, 5) is 14.6. The van der Waals surface area contributed by atoms with E-state index in [1.54, 1.807) is 47.4 Å². The number of carbonyl (C=O) groups is 1. The van der Waals surface area contributed by atoms with E-state index < -0.39 is 10.0 Å². The largest absolute Gasteiger partial charge is 0.338 e. The third kappa shape index (κ3) is 4.82. The smallest absolute Gasteiger partial charge is 0.255 e. The molecule has 3 rings (SSSR count). The maximum atomic E-state index is 12.7. The molecule has 8 heteroatoms. The van der Waals surface area contributed by atoms with E-state index in [9.17, 15) is 13.2 Å². The Bertz CT molecular complexity index is 938. The molecule has 0 unspecified atom stereocenters. The van der Waals surface area contributed by atoms with Crippen LogP contribution in [0.3, 0.4) is 0 Å². The number of nitrogens with one attached hydrogen (secondary N) is 1. The van der Waals surface area contributed by atoms with Gasteiger partial charge in [-0.1, -0.05) is 40.9 Å². The van der Waals surface area contributed by atoms with Gasteiger partial charge in [0.05, 0.1) is 15.5 Å². The average molecular weight is 427 g/mol.